The van der Waals surface area contributed by atoms with Gasteiger partial charge in [0.1, 0.15) is 6.10 Å². The first-order chi connectivity index (χ1) is 16.2. The van der Waals surface area contributed by atoms with Crippen molar-refractivity contribution in [1.82, 2.24) is 4.90 Å². The average Bonchev–Trinajstić information content (AvgIpc) is 2.89. The molecule has 0 unspecified atom stereocenters. The third kappa shape index (κ3) is 6.63. The van der Waals surface area contributed by atoms with Gasteiger partial charge in [0.25, 0.3) is 0 Å². The zero-order valence-electron chi connectivity index (χ0n) is 19.7. The normalized spacial score (nSPS) is 15.1. The Morgan fingerprint density at radius 1 is 0.879 bits per heavy atom. The molecule has 33 heavy (non-hydrogen) atoms. The van der Waals surface area contributed by atoms with Gasteiger partial charge in [0.05, 0.1) is 6.10 Å². The van der Waals surface area contributed by atoms with Gasteiger partial charge in [-0.3, -0.25) is 4.79 Å². The van der Waals surface area contributed by atoms with E-state index in [1.165, 1.54) is 16.7 Å². The highest BCUT2D eigenvalue weighted by Crippen LogP contribution is 2.30. The summed E-state index contributed by atoms with van der Waals surface area (Å²) >= 11 is 0. The van der Waals surface area contributed by atoms with Gasteiger partial charge in [-0.1, -0.05) is 91.9 Å². The van der Waals surface area contributed by atoms with Gasteiger partial charge in [-0.2, -0.15) is 0 Å². The van der Waals surface area contributed by atoms with Gasteiger partial charge in [-0.05, 0) is 48.9 Å². The minimum atomic E-state index is -0.0272. The number of rotatable bonds is 10. The topological polar surface area (TPSA) is 29.5 Å². The number of likely N-dealkylation sites (tertiary alicyclic amines) is 1. The Balaban J connectivity index is 1.24. The lowest BCUT2D eigenvalue weighted by atomic mass is 10.00. The van der Waals surface area contributed by atoms with Crippen LogP contribution in [0.2, 0.25) is 0 Å². The van der Waals surface area contributed by atoms with Crippen LogP contribution < -0.4 is 0 Å². The van der Waals surface area contributed by atoms with Crippen molar-refractivity contribution >= 4 is 5.78 Å². The standard InChI is InChI=1S/C30H35NO2/c1-2-24-15-17-25(18-16-24)29(32)14-9-21-31-22-19-28(20-23-31)33-30(26-10-5-3-6-11-26)27-12-7-4-8-13-27/h3-8,10-13,15-18,28,30H,2,9,14,19-23H2,1H3. The molecule has 1 fully saturated rings. The van der Waals surface area contributed by atoms with Gasteiger partial charge in [0, 0.05) is 25.1 Å². The number of hydrogen-bond acceptors (Lipinski definition) is 3. The van der Waals surface area contributed by atoms with Crippen LogP contribution in [0.4, 0.5) is 0 Å². The van der Waals surface area contributed by atoms with Crippen molar-refractivity contribution < 1.29 is 9.53 Å². The lowest BCUT2D eigenvalue weighted by Gasteiger charge is -2.34. The molecular formula is C30H35NO2. The summed E-state index contributed by atoms with van der Waals surface area (Å²) < 4.78 is 6.65. The Morgan fingerprint density at radius 3 is 2.00 bits per heavy atom. The average molecular weight is 442 g/mol. The zero-order chi connectivity index (χ0) is 22.9. The highest BCUT2D eigenvalue weighted by molar-refractivity contribution is 5.96. The van der Waals surface area contributed by atoms with Crippen molar-refractivity contribution in [2.75, 3.05) is 19.6 Å². The molecule has 3 aromatic rings. The van der Waals surface area contributed by atoms with Gasteiger partial charge in [0.15, 0.2) is 5.78 Å². The van der Waals surface area contributed by atoms with Gasteiger partial charge in [-0.25, -0.2) is 0 Å². The van der Waals surface area contributed by atoms with Crippen molar-refractivity contribution in [3.05, 3.63) is 107 Å². The van der Waals surface area contributed by atoms with Crippen LogP contribution in [0.15, 0.2) is 84.9 Å². The van der Waals surface area contributed by atoms with Crippen LogP contribution >= 0.6 is 0 Å². The molecule has 0 aliphatic carbocycles. The summed E-state index contributed by atoms with van der Waals surface area (Å²) in [6.07, 6.45) is 4.82. The van der Waals surface area contributed by atoms with Crippen LogP contribution in [0.1, 0.15) is 65.8 Å². The molecule has 0 spiro atoms. The number of piperidine rings is 1. The minimum Gasteiger partial charge on any atom is -0.365 e. The fraction of sp³-hybridized carbons (Fsp3) is 0.367. The third-order valence-electron chi connectivity index (χ3n) is 6.63. The van der Waals surface area contributed by atoms with Crippen molar-refractivity contribution in [3.8, 4) is 0 Å². The van der Waals surface area contributed by atoms with Crippen LogP contribution in [0.5, 0.6) is 0 Å². The molecule has 3 aromatic carbocycles. The maximum absolute atomic E-state index is 12.5. The van der Waals surface area contributed by atoms with E-state index in [-0.39, 0.29) is 18.0 Å². The van der Waals surface area contributed by atoms with E-state index in [0.29, 0.717) is 6.42 Å². The minimum absolute atomic E-state index is 0.0272. The molecule has 0 saturated carbocycles. The zero-order valence-corrected chi connectivity index (χ0v) is 19.7. The smallest absolute Gasteiger partial charge is 0.162 e. The van der Waals surface area contributed by atoms with E-state index in [9.17, 15) is 4.79 Å². The quantitative estimate of drug-likeness (QED) is 0.337. The van der Waals surface area contributed by atoms with E-state index in [4.69, 9.17) is 4.74 Å². The molecule has 1 saturated heterocycles. The second-order valence-electron chi connectivity index (χ2n) is 8.96. The first-order valence-corrected chi connectivity index (χ1v) is 12.3. The summed E-state index contributed by atoms with van der Waals surface area (Å²) in [6.45, 7) is 5.17. The molecule has 3 nitrogen and oxygen atoms in total. The van der Waals surface area contributed by atoms with E-state index < -0.39 is 0 Å². The summed E-state index contributed by atoms with van der Waals surface area (Å²) in [7, 11) is 0. The molecule has 3 heteroatoms. The number of Topliss-reactive ketones (excluding diaryl/α,β-unsaturated/α-hetero) is 1. The van der Waals surface area contributed by atoms with E-state index in [1.807, 2.05) is 12.1 Å². The van der Waals surface area contributed by atoms with Crippen LogP contribution in [0, 0.1) is 0 Å². The maximum atomic E-state index is 12.5. The van der Waals surface area contributed by atoms with Gasteiger partial charge in [-0.15, -0.1) is 0 Å². The van der Waals surface area contributed by atoms with Gasteiger partial charge in [0.2, 0.25) is 0 Å². The number of ether oxygens (including phenoxy) is 1. The lowest BCUT2D eigenvalue weighted by Crippen LogP contribution is -2.38. The van der Waals surface area contributed by atoms with Crippen LogP contribution in [0.25, 0.3) is 0 Å². The molecule has 0 bridgehead atoms. The summed E-state index contributed by atoms with van der Waals surface area (Å²) in [4.78, 5) is 15.0. The second-order valence-corrected chi connectivity index (χ2v) is 8.96. The molecule has 1 aliphatic rings. The summed E-state index contributed by atoms with van der Waals surface area (Å²) in [6, 6.07) is 29.1. The van der Waals surface area contributed by atoms with Crippen LogP contribution in [-0.2, 0) is 11.2 Å². The first-order valence-electron chi connectivity index (χ1n) is 12.3. The molecule has 0 aromatic heterocycles. The second kappa shape index (κ2) is 11.9. The predicted molar refractivity (Wildman–Crippen MR) is 135 cm³/mol. The Labute approximate surface area is 198 Å². The predicted octanol–water partition coefficient (Wildman–Crippen LogP) is 6.48. The number of hydrogen-bond donors (Lipinski definition) is 0. The van der Waals surface area contributed by atoms with Gasteiger partial charge < -0.3 is 9.64 Å². The van der Waals surface area contributed by atoms with E-state index in [0.717, 1.165) is 50.9 Å². The number of ketones is 1. The van der Waals surface area contributed by atoms with Crippen molar-refractivity contribution in [2.45, 2.75) is 51.2 Å². The molecule has 172 valence electrons. The third-order valence-corrected chi connectivity index (χ3v) is 6.63. The largest absolute Gasteiger partial charge is 0.365 e. The lowest BCUT2D eigenvalue weighted by molar-refractivity contribution is -0.0270. The molecule has 4 rings (SSSR count). The van der Waals surface area contributed by atoms with Crippen molar-refractivity contribution in [2.24, 2.45) is 0 Å². The van der Waals surface area contributed by atoms with E-state index in [1.54, 1.807) is 0 Å². The van der Waals surface area contributed by atoms with E-state index >= 15 is 0 Å². The first kappa shape index (κ1) is 23.4. The molecule has 0 atom stereocenters. The Kier molecular flexibility index (Phi) is 8.46. The van der Waals surface area contributed by atoms with Crippen molar-refractivity contribution in [1.29, 1.82) is 0 Å². The SMILES string of the molecule is CCc1ccc(C(=O)CCCN2CCC(OC(c3ccccc3)c3ccccc3)CC2)cc1. The maximum Gasteiger partial charge on any atom is 0.162 e. The molecule has 1 aliphatic heterocycles. The number of carbonyl (C=O) groups is 1. The highest BCUT2D eigenvalue weighted by atomic mass is 16.5. The van der Waals surface area contributed by atoms with Crippen molar-refractivity contribution in [3.63, 3.8) is 0 Å². The molecular weight excluding hydrogens is 406 g/mol. The van der Waals surface area contributed by atoms with E-state index in [2.05, 4.69) is 84.6 Å². The molecule has 0 amide bonds. The number of nitrogens with zero attached hydrogens (tertiary/aromatic N) is 1. The Morgan fingerprint density at radius 2 is 1.45 bits per heavy atom. The summed E-state index contributed by atoms with van der Waals surface area (Å²) in [5.74, 6) is 0.254. The highest BCUT2D eigenvalue weighted by Gasteiger charge is 2.24. The number of carbonyl (C=O) groups excluding carboxylic acids is 1. The van der Waals surface area contributed by atoms with Crippen LogP contribution in [0.3, 0.4) is 0 Å². The van der Waals surface area contributed by atoms with Gasteiger partial charge >= 0.3 is 0 Å². The number of benzene rings is 3. The molecule has 0 N–H and O–H groups in total. The monoisotopic (exact) mass is 441 g/mol. The fourth-order valence-electron chi connectivity index (χ4n) is 4.60. The summed E-state index contributed by atoms with van der Waals surface area (Å²) in [5, 5.41) is 0. The fourth-order valence-corrected chi connectivity index (χ4v) is 4.60. The number of aryl methyl sites for hydroxylation is 1. The Bertz CT molecular complexity index is 937. The molecule has 1 heterocycles. The van der Waals surface area contributed by atoms with Crippen LogP contribution in [-0.4, -0.2) is 36.4 Å². The Hall–Kier alpha value is -2.75. The molecule has 0 radical (unpaired) electrons. The summed E-state index contributed by atoms with van der Waals surface area (Å²) in [5.41, 5.74) is 4.53.